The monoisotopic (exact) mass is 375 g/mol. The molecule has 0 spiro atoms. The summed E-state index contributed by atoms with van der Waals surface area (Å²) in [6.45, 7) is 0. The first kappa shape index (κ1) is 26.9. The van der Waals surface area contributed by atoms with E-state index in [2.05, 4.69) is 0 Å². The molecule has 0 aromatic rings. The summed E-state index contributed by atoms with van der Waals surface area (Å²) in [6, 6.07) is 0. The Bertz CT molecular complexity index is 398. The van der Waals surface area contributed by atoms with Crippen molar-refractivity contribution in [2.24, 2.45) is 0 Å². The topological polar surface area (TPSA) is 143 Å². The molecule has 0 amide bonds. The Balaban J connectivity index is -0.000000240. The van der Waals surface area contributed by atoms with Gasteiger partial charge in [-0.15, -0.1) is 0 Å². The molecule has 0 saturated heterocycles. The standard InChI is InChI=1S/6CN.3K.Ru/c6*1-2;;;;/q;;;;;;3*+1;-3. The number of hydrogen-bond acceptors (Lipinski definition) is 6. The smallest absolute Gasteiger partial charge is 1.00 e. The Morgan fingerprint density at radius 2 is 0.562 bits per heavy atom. The predicted octanol–water partition coefficient (Wildman–Crippen LogP) is -8.89. The van der Waals surface area contributed by atoms with Crippen LogP contribution in [0.15, 0.2) is 0 Å². The van der Waals surface area contributed by atoms with Crippen molar-refractivity contribution in [1.29, 1.82) is 31.6 Å². The van der Waals surface area contributed by atoms with Crippen LogP contribution in [0.25, 0.3) is 0 Å². The van der Waals surface area contributed by atoms with E-state index in [9.17, 15) is 0 Å². The third-order valence-electron chi connectivity index (χ3n) is 1.19. The van der Waals surface area contributed by atoms with Crippen LogP contribution in [0.4, 0.5) is 0 Å². The van der Waals surface area contributed by atoms with Crippen molar-refractivity contribution >= 4 is 0 Å². The van der Waals surface area contributed by atoms with Gasteiger partial charge in [0.25, 0.3) is 0 Å². The first-order chi connectivity index (χ1) is 5.97. The summed E-state index contributed by atoms with van der Waals surface area (Å²) >= 11 is -6.55. The molecule has 0 fully saturated rings. The zero-order chi connectivity index (χ0) is 10.7. The zero-order valence-electron chi connectivity index (χ0n) is 9.04. The minimum atomic E-state index is -6.55. The summed E-state index contributed by atoms with van der Waals surface area (Å²) in [7, 11) is 0. The summed E-state index contributed by atoms with van der Waals surface area (Å²) < 4.78 is 6.37. The fourth-order valence-electron chi connectivity index (χ4n) is 0.265. The van der Waals surface area contributed by atoms with E-state index in [0.717, 1.165) is 28.0 Å². The zero-order valence-corrected chi connectivity index (χ0v) is 20.1. The SMILES string of the molecule is N#[C][Ru-3]([C]#N)([C]#N)([C]#N)([C]#N)[C]#N.[K+].[K+].[K+]. The second-order valence-corrected chi connectivity index (χ2v) is 10.6. The molecule has 0 aliphatic carbocycles. The Kier molecular flexibility index (Phi) is 14.5. The van der Waals surface area contributed by atoms with Crippen molar-refractivity contribution < 1.29 is 167 Å². The van der Waals surface area contributed by atoms with E-state index in [1.165, 1.54) is 0 Å². The summed E-state index contributed by atoms with van der Waals surface area (Å²) in [5.41, 5.74) is 0. The third-order valence-corrected chi connectivity index (χ3v) is 7.02. The Morgan fingerprint density at radius 3 is 0.562 bits per heavy atom. The second kappa shape index (κ2) is 8.61. The van der Waals surface area contributed by atoms with Gasteiger partial charge in [-0.05, 0) is 0 Å². The average molecular weight is 374 g/mol. The average Bonchev–Trinajstić information content (AvgIpc) is 2.26. The summed E-state index contributed by atoms with van der Waals surface area (Å²) in [6.07, 6.45) is 0. The van der Waals surface area contributed by atoms with E-state index >= 15 is 0 Å². The molecule has 0 aromatic heterocycles. The van der Waals surface area contributed by atoms with Gasteiger partial charge in [-0.1, -0.05) is 0 Å². The van der Waals surface area contributed by atoms with Crippen molar-refractivity contribution in [1.82, 2.24) is 0 Å². The first-order valence-corrected chi connectivity index (χ1v) is 7.62. The van der Waals surface area contributed by atoms with Crippen molar-refractivity contribution in [2.45, 2.75) is 0 Å². The van der Waals surface area contributed by atoms with E-state index in [-0.39, 0.29) is 154 Å². The number of rotatable bonds is 0. The fourth-order valence-corrected chi connectivity index (χ4v) is 1.57. The van der Waals surface area contributed by atoms with Crippen LogP contribution in [0.2, 0.25) is 0 Å². The predicted molar refractivity (Wildman–Crippen MR) is 33.7 cm³/mol. The van der Waals surface area contributed by atoms with Gasteiger partial charge in [0.1, 0.15) is 0 Å². The van der Waals surface area contributed by atoms with Crippen molar-refractivity contribution in [3.05, 3.63) is 0 Å². The molecule has 0 radical (unpaired) electrons. The Hall–Kier alpha value is 2.47. The molecule has 0 aliphatic heterocycles. The molecule has 0 rings (SSSR count). The molecule has 6 nitrogen and oxygen atoms in total. The molecular weight excluding hydrogens is 374 g/mol. The van der Waals surface area contributed by atoms with Gasteiger partial charge in [0, 0.05) is 0 Å². The second-order valence-electron chi connectivity index (χ2n) is 1.80. The van der Waals surface area contributed by atoms with E-state index in [1.807, 2.05) is 0 Å². The van der Waals surface area contributed by atoms with Crippen molar-refractivity contribution in [3.63, 3.8) is 0 Å². The molecule has 0 heterocycles. The van der Waals surface area contributed by atoms with Crippen LogP contribution in [0.1, 0.15) is 0 Å². The first-order valence-electron chi connectivity index (χ1n) is 2.40. The van der Waals surface area contributed by atoms with Crippen molar-refractivity contribution in [3.8, 4) is 28.0 Å². The van der Waals surface area contributed by atoms with E-state index in [0.29, 0.717) is 0 Å². The minimum Gasteiger partial charge on any atom is 1.00 e. The van der Waals surface area contributed by atoms with Crippen LogP contribution in [0, 0.1) is 59.6 Å². The van der Waals surface area contributed by atoms with Gasteiger partial charge < -0.3 is 0 Å². The van der Waals surface area contributed by atoms with Crippen LogP contribution in [-0.4, -0.2) is 0 Å². The molecule has 0 aliphatic rings. The largest absolute Gasteiger partial charge is 1.00 e. The molecule has 0 N–H and O–H groups in total. The van der Waals surface area contributed by atoms with E-state index < -0.39 is 12.4 Å². The third kappa shape index (κ3) is 3.74. The fraction of sp³-hybridized carbons (Fsp3) is 0. The summed E-state index contributed by atoms with van der Waals surface area (Å²) in [5.74, 6) is 0. The molecule has 65 valence electrons. The molecule has 0 atom stereocenters. The van der Waals surface area contributed by atoms with Gasteiger partial charge in [0.2, 0.25) is 0 Å². The maximum Gasteiger partial charge on any atom is 1.00 e. The van der Waals surface area contributed by atoms with Crippen LogP contribution in [-0.2, 0) is 12.4 Å². The Labute approximate surface area is 219 Å². The van der Waals surface area contributed by atoms with Gasteiger partial charge in [-0.2, -0.15) is 0 Å². The number of hydrogen-bond donors (Lipinski definition) is 0. The van der Waals surface area contributed by atoms with Crippen LogP contribution < -0.4 is 154 Å². The van der Waals surface area contributed by atoms with E-state index in [1.54, 1.807) is 0 Å². The number of nitrogens with zero attached hydrogens (tertiary/aromatic N) is 6. The Morgan fingerprint density at radius 1 is 0.438 bits per heavy atom. The molecule has 16 heavy (non-hydrogen) atoms. The minimum absolute atomic E-state index is 0. The molecule has 0 unspecified atom stereocenters. The normalized spacial score (nSPS) is 10.9. The van der Waals surface area contributed by atoms with Crippen LogP contribution >= 0.6 is 0 Å². The molecule has 0 aromatic carbocycles. The number of nitriles is 6. The molecule has 10 heteroatoms. The summed E-state index contributed by atoms with van der Waals surface area (Å²) in [4.78, 5) is 0. The van der Waals surface area contributed by atoms with Crippen LogP contribution in [0.3, 0.4) is 0 Å². The van der Waals surface area contributed by atoms with Gasteiger partial charge in [-0.3, -0.25) is 0 Å². The quantitative estimate of drug-likeness (QED) is 0.385. The van der Waals surface area contributed by atoms with Gasteiger partial charge in [0.05, 0.1) is 0 Å². The molecular formula is C6K3N6Ru. The van der Waals surface area contributed by atoms with Gasteiger partial charge >= 0.3 is 226 Å². The van der Waals surface area contributed by atoms with Gasteiger partial charge in [-0.25, -0.2) is 0 Å². The van der Waals surface area contributed by atoms with E-state index in [4.69, 9.17) is 31.6 Å². The van der Waals surface area contributed by atoms with Crippen LogP contribution in [0.5, 0.6) is 0 Å². The van der Waals surface area contributed by atoms with Gasteiger partial charge in [0.15, 0.2) is 0 Å². The maximum absolute atomic E-state index is 8.59. The molecule has 0 bridgehead atoms. The molecule has 0 saturated carbocycles. The maximum atomic E-state index is 8.59. The van der Waals surface area contributed by atoms with Crippen molar-refractivity contribution in [2.75, 3.05) is 0 Å². The summed E-state index contributed by atoms with van der Waals surface area (Å²) in [5, 5.41) is 51.6.